The molecule has 0 radical (unpaired) electrons. The fourth-order valence-electron chi connectivity index (χ4n) is 2.00. The average Bonchev–Trinajstić information content (AvgIpc) is 2.46. The minimum Gasteiger partial charge on any atom is -0.373 e. The summed E-state index contributed by atoms with van der Waals surface area (Å²) in [6, 6.07) is 4.38. The molecule has 1 aromatic rings. The second kappa shape index (κ2) is 3.60. The van der Waals surface area contributed by atoms with Crippen LogP contribution in [-0.2, 0) is 12.8 Å². The summed E-state index contributed by atoms with van der Waals surface area (Å²) in [5.41, 5.74) is 3.84. The van der Waals surface area contributed by atoms with Crippen LogP contribution in [0.25, 0.3) is 0 Å². The molecule has 0 fully saturated rings. The standard InChI is InChI=1S/C12H18N2/c1-9(2)8-10-4-5-12-11(13-10)6-7-14(12)3/h4-5,9H,6-8H2,1-3H3. The van der Waals surface area contributed by atoms with Gasteiger partial charge in [-0.25, -0.2) is 0 Å². The first-order valence-electron chi connectivity index (χ1n) is 5.37. The normalized spacial score (nSPS) is 15.0. The Hall–Kier alpha value is -1.05. The molecule has 2 rings (SSSR count). The Labute approximate surface area is 86.0 Å². The summed E-state index contributed by atoms with van der Waals surface area (Å²) in [4.78, 5) is 6.98. The lowest BCUT2D eigenvalue weighted by Gasteiger charge is -2.11. The number of rotatable bonds is 2. The van der Waals surface area contributed by atoms with Gasteiger partial charge in [-0.3, -0.25) is 4.98 Å². The zero-order chi connectivity index (χ0) is 10.1. The largest absolute Gasteiger partial charge is 0.373 e. The van der Waals surface area contributed by atoms with Crippen molar-refractivity contribution in [1.82, 2.24) is 4.98 Å². The molecular formula is C12H18N2. The predicted octanol–water partition coefficient (Wildman–Crippen LogP) is 2.27. The molecule has 1 aromatic heterocycles. The Bertz CT molecular complexity index is 331. The third-order valence-electron chi connectivity index (χ3n) is 2.72. The molecule has 0 unspecified atom stereocenters. The van der Waals surface area contributed by atoms with Crippen LogP contribution in [0.4, 0.5) is 5.69 Å². The molecule has 0 saturated heterocycles. The van der Waals surface area contributed by atoms with E-state index in [4.69, 9.17) is 4.98 Å². The van der Waals surface area contributed by atoms with Gasteiger partial charge in [0, 0.05) is 25.7 Å². The number of nitrogens with zero attached hydrogens (tertiary/aromatic N) is 2. The van der Waals surface area contributed by atoms with Crippen molar-refractivity contribution in [3.05, 3.63) is 23.5 Å². The number of hydrogen-bond acceptors (Lipinski definition) is 2. The van der Waals surface area contributed by atoms with Gasteiger partial charge >= 0.3 is 0 Å². The second-order valence-corrected chi connectivity index (χ2v) is 4.54. The van der Waals surface area contributed by atoms with Crippen molar-refractivity contribution in [2.75, 3.05) is 18.5 Å². The van der Waals surface area contributed by atoms with Gasteiger partial charge < -0.3 is 4.90 Å². The smallest absolute Gasteiger partial charge is 0.0657 e. The van der Waals surface area contributed by atoms with Gasteiger partial charge in [-0.15, -0.1) is 0 Å². The highest BCUT2D eigenvalue weighted by Crippen LogP contribution is 2.25. The van der Waals surface area contributed by atoms with E-state index in [-0.39, 0.29) is 0 Å². The molecular weight excluding hydrogens is 172 g/mol. The molecule has 2 heteroatoms. The third kappa shape index (κ3) is 1.74. The minimum atomic E-state index is 0.694. The van der Waals surface area contributed by atoms with Crippen LogP contribution in [0.15, 0.2) is 12.1 Å². The first kappa shape index (κ1) is 9.50. The van der Waals surface area contributed by atoms with Crippen molar-refractivity contribution >= 4 is 5.69 Å². The molecule has 1 aliphatic rings. The number of likely N-dealkylation sites (N-methyl/N-ethyl adjacent to an activating group) is 1. The fraction of sp³-hybridized carbons (Fsp3) is 0.583. The van der Waals surface area contributed by atoms with Gasteiger partial charge in [-0.2, -0.15) is 0 Å². The van der Waals surface area contributed by atoms with Gasteiger partial charge in [0.05, 0.1) is 11.4 Å². The molecule has 76 valence electrons. The van der Waals surface area contributed by atoms with Gasteiger partial charge in [-0.05, 0) is 24.5 Å². The van der Waals surface area contributed by atoms with Crippen LogP contribution >= 0.6 is 0 Å². The molecule has 0 aliphatic carbocycles. The molecule has 0 saturated carbocycles. The van der Waals surface area contributed by atoms with Crippen molar-refractivity contribution < 1.29 is 0 Å². The van der Waals surface area contributed by atoms with Crippen molar-refractivity contribution in [3.8, 4) is 0 Å². The van der Waals surface area contributed by atoms with E-state index in [1.165, 1.54) is 17.1 Å². The molecule has 0 atom stereocenters. The number of fused-ring (bicyclic) bond motifs is 1. The number of aromatic nitrogens is 1. The Balaban J connectivity index is 2.24. The Morgan fingerprint density at radius 2 is 2.21 bits per heavy atom. The van der Waals surface area contributed by atoms with E-state index in [0.29, 0.717) is 5.92 Å². The maximum Gasteiger partial charge on any atom is 0.0657 e. The van der Waals surface area contributed by atoms with Crippen LogP contribution in [0.2, 0.25) is 0 Å². The van der Waals surface area contributed by atoms with E-state index in [1.807, 2.05) is 0 Å². The topological polar surface area (TPSA) is 16.1 Å². The fourth-order valence-corrected chi connectivity index (χ4v) is 2.00. The maximum atomic E-state index is 4.70. The number of anilines is 1. The molecule has 0 aromatic carbocycles. The monoisotopic (exact) mass is 190 g/mol. The minimum absolute atomic E-state index is 0.694. The zero-order valence-electron chi connectivity index (χ0n) is 9.25. The molecule has 14 heavy (non-hydrogen) atoms. The summed E-state index contributed by atoms with van der Waals surface area (Å²) in [6.07, 6.45) is 2.20. The molecule has 0 N–H and O–H groups in total. The summed E-state index contributed by atoms with van der Waals surface area (Å²) in [7, 11) is 2.13. The summed E-state index contributed by atoms with van der Waals surface area (Å²) < 4.78 is 0. The molecule has 1 aliphatic heterocycles. The van der Waals surface area contributed by atoms with E-state index in [1.54, 1.807) is 0 Å². The molecule has 0 bridgehead atoms. The Morgan fingerprint density at radius 3 is 2.93 bits per heavy atom. The highest BCUT2D eigenvalue weighted by atomic mass is 15.1. The second-order valence-electron chi connectivity index (χ2n) is 4.54. The van der Waals surface area contributed by atoms with Gasteiger partial charge in [0.1, 0.15) is 0 Å². The van der Waals surface area contributed by atoms with Gasteiger partial charge in [0.25, 0.3) is 0 Å². The van der Waals surface area contributed by atoms with Gasteiger partial charge in [0.15, 0.2) is 0 Å². The number of pyridine rings is 1. The van der Waals surface area contributed by atoms with Crippen LogP contribution in [-0.4, -0.2) is 18.6 Å². The number of hydrogen-bond donors (Lipinski definition) is 0. The first-order chi connectivity index (χ1) is 6.66. The summed E-state index contributed by atoms with van der Waals surface area (Å²) >= 11 is 0. The third-order valence-corrected chi connectivity index (χ3v) is 2.72. The quantitative estimate of drug-likeness (QED) is 0.711. The summed E-state index contributed by atoms with van der Waals surface area (Å²) in [6.45, 7) is 5.59. The molecule has 2 heterocycles. The van der Waals surface area contributed by atoms with E-state index >= 15 is 0 Å². The SMILES string of the molecule is CC(C)Cc1ccc2c(n1)CCN2C. The Morgan fingerprint density at radius 1 is 1.43 bits per heavy atom. The summed E-state index contributed by atoms with van der Waals surface area (Å²) in [5.74, 6) is 0.694. The molecule has 0 amide bonds. The van der Waals surface area contributed by atoms with E-state index < -0.39 is 0 Å². The van der Waals surface area contributed by atoms with Crippen molar-refractivity contribution in [2.24, 2.45) is 5.92 Å². The summed E-state index contributed by atoms with van der Waals surface area (Å²) in [5, 5.41) is 0. The van der Waals surface area contributed by atoms with E-state index in [9.17, 15) is 0 Å². The van der Waals surface area contributed by atoms with Crippen molar-refractivity contribution in [3.63, 3.8) is 0 Å². The van der Waals surface area contributed by atoms with Gasteiger partial charge in [-0.1, -0.05) is 13.8 Å². The lowest BCUT2D eigenvalue weighted by molar-refractivity contribution is 0.634. The Kier molecular flexibility index (Phi) is 2.44. The van der Waals surface area contributed by atoms with Gasteiger partial charge in [0.2, 0.25) is 0 Å². The highest BCUT2D eigenvalue weighted by molar-refractivity contribution is 5.54. The average molecular weight is 190 g/mol. The van der Waals surface area contributed by atoms with Crippen LogP contribution in [0.1, 0.15) is 25.2 Å². The van der Waals surface area contributed by atoms with Crippen LogP contribution < -0.4 is 4.90 Å². The molecule has 2 nitrogen and oxygen atoms in total. The lowest BCUT2D eigenvalue weighted by atomic mass is 10.1. The zero-order valence-corrected chi connectivity index (χ0v) is 9.25. The van der Waals surface area contributed by atoms with E-state index in [2.05, 4.69) is 37.9 Å². The highest BCUT2D eigenvalue weighted by Gasteiger charge is 2.16. The maximum absolute atomic E-state index is 4.70. The lowest BCUT2D eigenvalue weighted by Crippen LogP contribution is -2.12. The predicted molar refractivity (Wildman–Crippen MR) is 59.8 cm³/mol. The van der Waals surface area contributed by atoms with Crippen molar-refractivity contribution in [1.29, 1.82) is 0 Å². The van der Waals surface area contributed by atoms with E-state index in [0.717, 1.165) is 19.4 Å². The molecule has 0 spiro atoms. The van der Waals surface area contributed by atoms with Crippen LogP contribution in [0.5, 0.6) is 0 Å². The van der Waals surface area contributed by atoms with Crippen molar-refractivity contribution in [2.45, 2.75) is 26.7 Å². The van der Waals surface area contributed by atoms with Crippen LogP contribution in [0.3, 0.4) is 0 Å². The first-order valence-corrected chi connectivity index (χ1v) is 5.37. The van der Waals surface area contributed by atoms with Crippen LogP contribution in [0, 0.1) is 5.92 Å².